The lowest BCUT2D eigenvalue weighted by Crippen LogP contribution is -2.30. The summed E-state index contributed by atoms with van der Waals surface area (Å²) < 4.78 is 14.1. The number of hydrogen-bond acceptors (Lipinski definition) is 6. The highest BCUT2D eigenvalue weighted by Gasteiger charge is 2.15. The van der Waals surface area contributed by atoms with Crippen LogP contribution in [-0.2, 0) is 0 Å². The van der Waals surface area contributed by atoms with Crippen LogP contribution in [0.25, 0.3) is 11.3 Å². The monoisotopic (exact) mass is 401 g/mol. The molecule has 1 aromatic carbocycles. The number of nitrogens with zero attached hydrogens (tertiary/aromatic N) is 3. The predicted octanol–water partition coefficient (Wildman–Crippen LogP) is 4.50. The second-order valence-corrected chi connectivity index (χ2v) is 7.06. The van der Waals surface area contributed by atoms with Crippen molar-refractivity contribution in [3.63, 3.8) is 0 Å². The molecule has 0 spiro atoms. The third-order valence-corrected chi connectivity index (χ3v) is 4.44. The molecule has 1 atom stereocenters. The summed E-state index contributed by atoms with van der Waals surface area (Å²) in [6.07, 6.45) is 3.33. The van der Waals surface area contributed by atoms with Crippen molar-refractivity contribution in [1.82, 2.24) is 15.0 Å². The number of benzene rings is 1. The molecule has 0 unspecified atom stereocenters. The van der Waals surface area contributed by atoms with Gasteiger partial charge in [-0.3, -0.25) is 4.98 Å². The molecule has 0 bridgehead atoms. The Morgan fingerprint density at radius 1 is 1.11 bits per heavy atom. The Bertz CT molecular complexity index is 939. The van der Waals surface area contributed by atoms with E-state index in [1.54, 1.807) is 18.5 Å². The van der Waals surface area contributed by atoms with Gasteiger partial charge in [-0.15, -0.1) is 0 Å². The van der Waals surface area contributed by atoms with E-state index in [1.165, 1.54) is 18.2 Å². The molecule has 2 aromatic heterocycles. The molecule has 0 fully saturated rings. The number of anilines is 3. The van der Waals surface area contributed by atoms with Gasteiger partial charge in [-0.2, -0.15) is 4.98 Å². The molecule has 0 saturated carbocycles. The molecule has 0 aliphatic carbocycles. The van der Waals surface area contributed by atoms with Gasteiger partial charge in [0.2, 0.25) is 5.95 Å². The smallest absolute Gasteiger partial charge is 0.225 e. The number of nitrogens with one attached hydrogen (secondary N) is 2. The summed E-state index contributed by atoms with van der Waals surface area (Å²) in [6, 6.07) is 9.39. The normalized spacial score (nSPS) is 12.1. The van der Waals surface area contributed by atoms with E-state index in [4.69, 9.17) is 11.6 Å². The van der Waals surface area contributed by atoms with Gasteiger partial charge < -0.3 is 15.7 Å². The van der Waals surface area contributed by atoms with Crippen LogP contribution >= 0.6 is 11.6 Å². The number of aliphatic hydroxyl groups is 1. The highest BCUT2D eigenvalue weighted by Crippen LogP contribution is 2.26. The maximum atomic E-state index is 14.1. The molecule has 0 aliphatic heterocycles. The van der Waals surface area contributed by atoms with Crippen molar-refractivity contribution in [3.8, 4) is 11.3 Å². The van der Waals surface area contributed by atoms with Gasteiger partial charge in [0, 0.05) is 29.0 Å². The van der Waals surface area contributed by atoms with Crippen molar-refractivity contribution in [3.05, 3.63) is 59.6 Å². The Balaban J connectivity index is 2.00. The van der Waals surface area contributed by atoms with E-state index in [-0.39, 0.29) is 24.3 Å². The SMILES string of the molecule is CC(C)[C@H](CO)Nc1nc(Nc2cc(Cl)ccc2F)cc(-c2ccncc2)n1. The lowest BCUT2D eigenvalue weighted by atomic mass is 10.1. The molecule has 0 aliphatic rings. The summed E-state index contributed by atoms with van der Waals surface area (Å²) in [5.74, 6) is 0.441. The topological polar surface area (TPSA) is 83.0 Å². The zero-order valence-corrected chi connectivity index (χ0v) is 16.3. The maximum Gasteiger partial charge on any atom is 0.225 e. The predicted molar refractivity (Wildman–Crippen MR) is 109 cm³/mol. The number of aliphatic hydroxyl groups excluding tert-OH is 1. The minimum absolute atomic E-state index is 0.0633. The van der Waals surface area contributed by atoms with Crippen LogP contribution in [0.15, 0.2) is 48.8 Å². The minimum atomic E-state index is -0.446. The van der Waals surface area contributed by atoms with Crippen LogP contribution in [-0.4, -0.2) is 32.7 Å². The van der Waals surface area contributed by atoms with Crippen molar-refractivity contribution >= 4 is 29.1 Å². The first-order valence-corrected chi connectivity index (χ1v) is 9.23. The Kier molecular flexibility index (Phi) is 6.38. The van der Waals surface area contributed by atoms with E-state index in [2.05, 4.69) is 25.6 Å². The molecule has 3 N–H and O–H groups in total. The molecule has 146 valence electrons. The summed E-state index contributed by atoms with van der Waals surface area (Å²) in [5.41, 5.74) is 1.67. The van der Waals surface area contributed by atoms with E-state index >= 15 is 0 Å². The van der Waals surface area contributed by atoms with Crippen molar-refractivity contribution < 1.29 is 9.50 Å². The standard InChI is InChI=1S/C20H21ClFN5O/c1-12(2)18(11-28)26-20-25-16(13-5-7-23-8-6-13)10-19(27-20)24-17-9-14(21)3-4-15(17)22/h3-10,12,18,28H,11H2,1-2H3,(H2,24,25,26,27)/t18-/m0/s1. The largest absolute Gasteiger partial charge is 0.394 e. The first-order valence-electron chi connectivity index (χ1n) is 8.85. The van der Waals surface area contributed by atoms with Crippen molar-refractivity contribution in [2.75, 3.05) is 17.2 Å². The summed E-state index contributed by atoms with van der Waals surface area (Å²) >= 11 is 5.98. The van der Waals surface area contributed by atoms with Gasteiger partial charge in [-0.05, 0) is 36.2 Å². The van der Waals surface area contributed by atoms with Gasteiger partial charge in [0.1, 0.15) is 11.6 Å². The summed E-state index contributed by atoms with van der Waals surface area (Å²) in [6.45, 7) is 3.91. The van der Waals surface area contributed by atoms with Gasteiger partial charge >= 0.3 is 0 Å². The van der Waals surface area contributed by atoms with Crippen LogP contribution in [0.5, 0.6) is 0 Å². The van der Waals surface area contributed by atoms with Gasteiger partial charge in [0.25, 0.3) is 0 Å². The number of rotatable bonds is 7. The lowest BCUT2D eigenvalue weighted by Gasteiger charge is -2.20. The van der Waals surface area contributed by atoms with Crippen LogP contribution in [0.4, 0.5) is 21.8 Å². The van der Waals surface area contributed by atoms with E-state index in [9.17, 15) is 9.50 Å². The van der Waals surface area contributed by atoms with Crippen molar-refractivity contribution in [1.29, 1.82) is 0 Å². The fourth-order valence-corrected chi connectivity index (χ4v) is 2.74. The van der Waals surface area contributed by atoms with E-state index in [0.29, 0.717) is 22.5 Å². The van der Waals surface area contributed by atoms with E-state index < -0.39 is 5.82 Å². The summed E-state index contributed by atoms with van der Waals surface area (Å²) in [7, 11) is 0. The van der Waals surface area contributed by atoms with E-state index in [1.807, 2.05) is 26.0 Å². The molecule has 2 heterocycles. The zero-order chi connectivity index (χ0) is 20.1. The molecular weight excluding hydrogens is 381 g/mol. The van der Waals surface area contributed by atoms with Crippen LogP contribution in [0.3, 0.4) is 0 Å². The summed E-state index contributed by atoms with van der Waals surface area (Å²) in [4.78, 5) is 13.0. The van der Waals surface area contributed by atoms with Crippen LogP contribution in [0, 0.1) is 11.7 Å². The number of aromatic nitrogens is 3. The molecule has 8 heteroatoms. The van der Waals surface area contributed by atoms with Crippen LogP contribution < -0.4 is 10.6 Å². The Morgan fingerprint density at radius 3 is 2.54 bits per heavy atom. The molecule has 28 heavy (non-hydrogen) atoms. The molecule has 6 nitrogen and oxygen atoms in total. The van der Waals surface area contributed by atoms with Gasteiger partial charge in [-0.25, -0.2) is 9.37 Å². The van der Waals surface area contributed by atoms with Crippen molar-refractivity contribution in [2.24, 2.45) is 5.92 Å². The molecular formula is C20H21ClFN5O. The first kappa shape index (κ1) is 20.0. The third-order valence-electron chi connectivity index (χ3n) is 4.21. The average Bonchev–Trinajstić information content (AvgIpc) is 2.69. The molecule has 3 rings (SSSR count). The second-order valence-electron chi connectivity index (χ2n) is 6.62. The van der Waals surface area contributed by atoms with Gasteiger partial charge in [-0.1, -0.05) is 25.4 Å². The van der Waals surface area contributed by atoms with Crippen molar-refractivity contribution in [2.45, 2.75) is 19.9 Å². The average molecular weight is 402 g/mol. The Morgan fingerprint density at radius 2 is 1.86 bits per heavy atom. The Hall–Kier alpha value is -2.77. The van der Waals surface area contributed by atoms with Gasteiger partial charge in [0.05, 0.1) is 24.0 Å². The second kappa shape index (κ2) is 8.95. The first-order chi connectivity index (χ1) is 13.5. The fourth-order valence-electron chi connectivity index (χ4n) is 2.57. The zero-order valence-electron chi connectivity index (χ0n) is 15.5. The molecule has 0 saturated heterocycles. The molecule has 3 aromatic rings. The molecule has 0 radical (unpaired) electrons. The quantitative estimate of drug-likeness (QED) is 0.540. The minimum Gasteiger partial charge on any atom is -0.394 e. The lowest BCUT2D eigenvalue weighted by molar-refractivity contribution is 0.248. The highest BCUT2D eigenvalue weighted by molar-refractivity contribution is 6.30. The molecule has 0 amide bonds. The highest BCUT2D eigenvalue weighted by atomic mass is 35.5. The number of pyridine rings is 1. The van der Waals surface area contributed by atoms with Gasteiger partial charge in [0.15, 0.2) is 0 Å². The van der Waals surface area contributed by atoms with E-state index in [0.717, 1.165) is 5.56 Å². The fraction of sp³-hybridized carbons (Fsp3) is 0.250. The third kappa shape index (κ3) is 4.94. The maximum absolute atomic E-state index is 14.1. The summed E-state index contributed by atoms with van der Waals surface area (Å²) in [5, 5.41) is 16.1. The van der Waals surface area contributed by atoms with Crippen LogP contribution in [0.1, 0.15) is 13.8 Å². The Labute approximate surface area is 167 Å². The number of hydrogen-bond donors (Lipinski definition) is 3. The van der Waals surface area contributed by atoms with Crippen LogP contribution in [0.2, 0.25) is 5.02 Å². The number of halogens is 2.